The molecule has 0 radical (unpaired) electrons. The molecule has 1 fully saturated rings. The van der Waals surface area contributed by atoms with Crippen molar-refractivity contribution < 1.29 is 45.9 Å². The SMILES string of the molecule is O=C(NO)c1ccc(CN(C(=O)N2CCOCC2)c2cccc(-c3cc(C(F)(F)F)cc(C(F)(F)F)c3)c2)cc1. The Bertz CT molecular complexity index is 1340. The highest BCUT2D eigenvalue weighted by atomic mass is 19.4. The fourth-order valence-electron chi connectivity index (χ4n) is 4.18. The average Bonchev–Trinajstić information content (AvgIpc) is 2.95. The van der Waals surface area contributed by atoms with E-state index in [1.807, 2.05) is 0 Å². The van der Waals surface area contributed by atoms with Gasteiger partial charge in [-0.05, 0) is 59.2 Å². The molecule has 7 nitrogen and oxygen atoms in total. The molecular weight excluding hydrogens is 544 g/mol. The highest BCUT2D eigenvalue weighted by Crippen LogP contribution is 2.39. The monoisotopic (exact) mass is 567 g/mol. The minimum Gasteiger partial charge on any atom is -0.378 e. The van der Waals surface area contributed by atoms with Crippen LogP contribution in [0.25, 0.3) is 11.1 Å². The largest absolute Gasteiger partial charge is 0.416 e. The van der Waals surface area contributed by atoms with Gasteiger partial charge in [-0.15, -0.1) is 0 Å². The lowest BCUT2D eigenvalue weighted by Crippen LogP contribution is -2.48. The van der Waals surface area contributed by atoms with Crippen LogP contribution in [-0.2, 0) is 23.6 Å². The van der Waals surface area contributed by atoms with E-state index in [1.54, 1.807) is 12.1 Å². The molecule has 0 aromatic heterocycles. The number of hydroxylamine groups is 1. The summed E-state index contributed by atoms with van der Waals surface area (Å²) < 4.78 is 85.9. The van der Waals surface area contributed by atoms with E-state index in [2.05, 4.69) is 0 Å². The molecule has 0 spiro atoms. The van der Waals surface area contributed by atoms with Crippen molar-refractivity contribution in [2.75, 3.05) is 31.2 Å². The highest BCUT2D eigenvalue weighted by molar-refractivity contribution is 5.94. The number of morpholine rings is 1. The van der Waals surface area contributed by atoms with Gasteiger partial charge in [0.05, 0.1) is 30.9 Å². The second kappa shape index (κ2) is 11.6. The van der Waals surface area contributed by atoms with Crippen molar-refractivity contribution in [1.82, 2.24) is 10.4 Å². The van der Waals surface area contributed by atoms with Gasteiger partial charge in [-0.2, -0.15) is 26.3 Å². The lowest BCUT2D eigenvalue weighted by molar-refractivity contribution is -0.143. The number of rotatable bonds is 5. The molecule has 0 saturated carbocycles. The highest BCUT2D eigenvalue weighted by Gasteiger charge is 2.37. The molecule has 2 N–H and O–H groups in total. The Morgan fingerprint density at radius 2 is 1.45 bits per heavy atom. The van der Waals surface area contributed by atoms with Crippen molar-refractivity contribution in [1.29, 1.82) is 0 Å². The summed E-state index contributed by atoms with van der Waals surface area (Å²) in [5.74, 6) is -0.736. The van der Waals surface area contributed by atoms with E-state index in [1.165, 1.54) is 51.7 Å². The number of carbonyl (C=O) groups excluding carboxylic acids is 2. The summed E-state index contributed by atoms with van der Waals surface area (Å²) in [6, 6.07) is 12.5. The quantitative estimate of drug-likeness (QED) is 0.226. The zero-order valence-electron chi connectivity index (χ0n) is 20.7. The predicted octanol–water partition coefficient (Wildman–Crippen LogP) is 5.97. The number of halogens is 6. The molecule has 40 heavy (non-hydrogen) atoms. The standard InChI is InChI=1S/C27H23F6N3O4/c28-26(29,30)21-12-20(13-22(15-21)27(31,32)33)19-2-1-3-23(14-19)36(25(38)35-8-10-40-11-9-35)16-17-4-6-18(7-5-17)24(37)34-39/h1-7,12-15,39H,8-11,16H2,(H,34,37). The molecule has 3 aromatic rings. The molecule has 0 aliphatic carbocycles. The number of nitrogens with one attached hydrogen (secondary N) is 1. The number of amides is 3. The van der Waals surface area contributed by atoms with E-state index in [-0.39, 0.29) is 48.1 Å². The number of alkyl halides is 6. The Labute approximate surface area is 224 Å². The molecule has 13 heteroatoms. The number of anilines is 1. The normalized spacial score (nSPS) is 14.1. The molecule has 212 valence electrons. The number of benzene rings is 3. The average molecular weight is 567 g/mol. The third-order valence-corrected chi connectivity index (χ3v) is 6.25. The number of ether oxygens (including phenoxy) is 1. The molecule has 0 unspecified atom stereocenters. The molecule has 1 aliphatic rings. The van der Waals surface area contributed by atoms with Crippen molar-refractivity contribution in [3.63, 3.8) is 0 Å². The first-order valence-electron chi connectivity index (χ1n) is 11.9. The van der Waals surface area contributed by atoms with Gasteiger partial charge >= 0.3 is 18.4 Å². The van der Waals surface area contributed by atoms with Crippen molar-refractivity contribution in [3.05, 3.63) is 89.0 Å². The number of nitrogens with zero attached hydrogens (tertiary/aromatic N) is 2. The fourth-order valence-corrected chi connectivity index (χ4v) is 4.18. The minimum absolute atomic E-state index is 0.0307. The molecule has 3 amide bonds. The van der Waals surface area contributed by atoms with E-state index in [0.717, 1.165) is 0 Å². The molecule has 0 bridgehead atoms. The minimum atomic E-state index is -5.01. The first kappa shape index (κ1) is 28.9. The Kier molecular flexibility index (Phi) is 8.35. The lowest BCUT2D eigenvalue weighted by Gasteiger charge is -2.33. The molecule has 1 saturated heterocycles. The van der Waals surface area contributed by atoms with Crippen LogP contribution in [-0.4, -0.2) is 48.3 Å². The van der Waals surface area contributed by atoms with Crippen LogP contribution in [0.5, 0.6) is 0 Å². The van der Waals surface area contributed by atoms with Crippen LogP contribution in [0.3, 0.4) is 0 Å². The zero-order valence-corrected chi connectivity index (χ0v) is 20.7. The maximum absolute atomic E-state index is 13.5. The van der Waals surface area contributed by atoms with Gasteiger partial charge in [0.25, 0.3) is 5.91 Å². The second-order valence-corrected chi connectivity index (χ2v) is 8.95. The number of hydrogen-bond acceptors (Lipinski definition) is 4. The van der Waals surface area contributed by atoms with E-state index in [4.69, 9.17) is 9.94 Å². The van der Waals surface area contributed by atoms with Crippen LogP contribution < -0.4 is 10.4 Å². The lowest BCUT2D eigenvalue weighted by atomic mass is 9.98. The van der Waals surface area contributed by atoms with Crippen LogP contribution >= 0.6 is 0 Å². The van der Waals surface area contributed by atoms with Crippen molar-refractivity contribution >= 4 is 17.6 Å². The number of carbonyl (C=O) groups is 2. The van der Waals surface area contributed by atoms with E-state index < -0.39 is 35.4 Å². The van der Waals surface area contributed by atoms with Gasteiger partial charge < -0.3 is 9.64 Å². The van der Waals surface area contributed by atoms with E-state index in [0.29, 0.717) is 30.9 Å². The predicted molar refractivity (Wildman–Crippen MR) is 132 cm³/mol. The molecule has 1 aliphatic heterocycles. The van der Waals surface area contributed by atoms with Gasteiger partial charge in [-0.1, -0.05) is 24.3 Å². The Morgan fingerprint density at radius 3 is 2.00 bits per heavy atom. The Balaban J connectivity index is 1.75. The van der Waals surface area contributed by atoms with Gasteiger partial charge in [0, 0.05) is 24.3 Å². The summed E-state index contributed by atoms with van der Waals surface area (Å²) in [6.45, 7) is 1.14. The fraction of sp³-hybridized carbons (Fsp3) is 0.259. The zero-order chi connectivity index (χ0) is 29.1. The summed E-state index contributed by atoms with van der Waals surface area (Å²) in [5.41, 5.74) is -0.695. The smallest absolute Gasteiger partial charge is 0.378 e. The van der Waals surface area contributed by atoms with Gasteiger partial charge in [0.15, 0.2) is 0 Å². The van der Waals surface area contributed by atoms with Crippen LogP contribution in [0, 0.1) is 0 Å². The summed E-state index contributed by atoms with van der Waals surface area (Å²) in [6.07, 6.45) is -10.0. The third-order valence-electron chi connectivity index (χ3n) is 6.25. The van der Waals surface area contributed by atoms with Gasteiger partial charge in [0.2, 0.25) is 0 Å². The summed E-state index contributed by atoms with van der Waals surface area (Å²) in [5, 5.41) is 8.82. The third kappa shape index (κ3) is 6.72. The van der Waals surface area contributed by atoms with Crippen LogP contribution in [0.1, 0.15) is 27.0 Å². The number of hydrogen-bond donors (Lipinski definition) is 2. The van der Waals surface area contributed by atoms with Crippen molar-refractivity contribution in [2.24, 2.45) is 0 Å². The first-order valence-corrected chi connectivity index (χ1v) is 11.9. The van der Waals surface area contributed by atoms with Crippen LogP contribution in [0.4, 0.5) is 36.8 Å². The Hall–Kier alpha value is -4.10. The topological polar surface area (TPSA) is 82.1 Å². The Morgan fingerprint density at radius 1 is 0.850 bits per heavy atom. The molecule has 1 heterocycles. The first-order chi connectivity index (χ1) is 18.9. The van der Waals surface area contributed by atoms with Gasteiger partial charge in [0.1, 0.15) is 0 Å². The molecular formula is C27H23F6N3O4. The number of urea groups is 1. The van der Waals surface area contributed by atoms with Crippen molar-refractivity contribution in [3.8, 4) is 11.1 Å². The molecule has 0 atom stereocenters. The molecule has 4 rings (SSSR count). The van der Waals surface area contributed by atoms with E-state index in [9.17, 15) is 35.9 Å². The van der Waals surface area contributed by atoms with Crippen molar-refractivity contribution in [2.45, 2.75) is 18.9 Å². The second-order valence-electron chi connectivity index (χ2n) is 8.95. The maximum atomic E-state index is 13.5. The summed E-state index contributed by atoms with van der Waals surface area (Å²) in [7, 11) is 0. The van der Waals surface area contributed by atoms with Gasteiger partial charge in [-0.25, -0.2) is 10.3 Å². The van der Waals surface area contributed by atoms with Gasteiger partial charge in [-0.3, -0.25) is 14.9 Å². The van der Waals surface area contributed by atoms with E-state index >= 15 is 0 Å². The van der Waals surface area contributed by atoms with Crippen LogP contribution in [0.15, 0.2) is 66.7 Å². The summed E-state index contributed by atoms with van der Waals surface area (Å²) in [4.78, 5) is 28.1. The maximum Gasteiger partial charge on any atom is 0.416 e. The van der Waals surface area contributed by atoms with Crippen LogP contribution in [0.2, 0.25) is 0 Å². The summed E-state index contributed by atoms with van der Waals surface area (Å²) >= 11 is 0. The molecule has 3 aromatic carbocycles.